The van der Waals surface area contributed by atoms with E-state index in [9.17, 15) is 24.3 Å². The van der Waals surface area contributed by atoms with E-state index >= 15 is 0 Å². The van der Waals surface area contributed by atoms with Gasteiger partial charge in [-0.25, -0.2) is 9.78 Å². The number of aryl methyl sites for hydroxylation is 1. The van der Waals surface area contributed by atoms with Crippen molar-refractivity contribution in [1.82, 2.24) is 15.2 Å². The molecular weight excluding hydrogens is 486 g/mol. The highest BCUT2D eigenvalue weighted by atomic mass is 32.2. The van der Waals surface area contributed by atoms with E-state index in [1.54, 1.807) is 19.1 Å². The van der Waals surface area contributed by atoms with Crippen LogP contribution in [0.2, 0.25) is 0 Å². The van der Waals surface area contributed by atoms with Crippen molar-refractivity contribution in [3.05, 3.63) is 57.2 Å². The zero-order chi connectivity index (χ0) is 23.9. The van der Waals surface area contributed by atoms with Crippen molar-refractivity contribution in [3.8, 4) is 0 Å². The summed E-state index contributed by atoms with van der Waals surface area (Å²) in [6, 6.07) is 9.06. The highest BCUT2D eigenvalue weighted by Crippen LogP contribution is 2.46. The third kappa shape index (κ3) is 4.41. The van der Waals surface area contributed by atoms with Crippen LogP contribution in [0.1, 0.15) is 21.1 Å². The number of aliphatic carboxylic acids is 2. The van der Waals surface area contributed by atoms with E-state index in [0.717, 1.165) is 33.6 Å². The minimum Gasteiger partial charge on any atom is -0.481 e. The van der Waals surface area contributed by atoms with Crippen molar-refractivity contribution < 1.29 is 29.4 Å². The number of hydrogen-bond donors (Lipinski definition) is 3. The average Bonchev–Trinajstić information content (AvgIpc) is 3.11. The number of benzene rings is 1. The molecule has 1 aromatic carbocycles. The van der Waals surface area contributed by atoms with Crippen molar-refractivity contribution in [3.63, 3.8) is 0 Å². The van der Waals surface area contributed by atoms with Gasteiger partial charge < -0.3 is 15.5 Å². The second kappa shape index (κ2) is 9.04. The molecule has 170 valence electrons. The molecule has 1 unspecified atom stereocenters. The summed E-state index contributed by atoms with van der Waals surface area (Å²) in [5.74, 6) is -3.33. The molecule has 2 aliphatic rings. The summed E-state index contributed by atoms with van der Waals surface area (Å²) in [6.45, 7) is 1.63. The minimum absolute atomic E-state index is 0.0759. The molecule has 2 aromatic rings. The van der Waals surface area contributed by atoms with Gasteiger partial charge in [0, 0.05) is 4.88 Å². The molecule has 2 amide bonds. The van der Waals surface area contributed by atoms with Gasteiger partial charge in [0.1, 0.15) is 26.3 Å². The lowest BCUT2D eigenvalue weighted by Gasteiger charge is -2.46. The quantitative estimate of drug-likeness (QED) is 0.382. The van der Waals surface area contributed by atoms with Crippen LogP contribution >= 0.6 is 35.3 Å². The molecule has 1 aromatic heterocycles. The fraction of sp³-hybridized carbons (Fsp3) is 0.238. The number of carboxylic acid groups (broad SMARTS) is 2. The van der Waals surface area contributed by atoms with E-state index < -0.39 is 28.6 Å². The SMILES string of the molecule is Cc1nc(C2=C(C(=O)O)N3C(=O)C(=S)[C@@H]3SC2NC(=O)Cc2ccccc2)sc1CC(=O)O. The molecule has 1 fully saturated rings. The number of fused-ring (bicyclic) bond motifs is 1. The number of carbonyl (C=O) groups excluding carboxylic acids is 2. The largest absolute Gasteiger partial charge is 0.481 e. The van der Waals surface area contributed by atoms with Gasteiger partial charge in [-0.1, -0.05) is 42.5 Å². The third-order valence-corrected chi connectivity index (χ3v) is 8.12. The molecule has 4 rings (SSSR count). The Morgan fingerprint density at radius 1 is 1.18 bits per heavy atom. The number of thioether (sulfide) groups is 1. The molecule has 2 aliphatic heterocycles. The Labute approximate surface area is 201 Å². The predicted molar refractivity (Wildman–Crippen MR) is 126 cm³/mol. The van der Waals surface area contributed by atoms with Gasteiger partial charge in [0.05, 0.1) is 24.1 Å². The molecule has 0 saturated carbocycles. The van der Waals surface area contributed by atoms with E-state index in [2.05, 4.69) is 10.3 Å². The Morgan fingerprint density at radius 3 is 2.52 bits per heavy atom. The first-order valence-electron chi connectivity index (χ1n) is 9.69. The summed E-state index contributed by atoms with van der Waals surface area (Å²) >= 11 is 7.30. The number of hydrogen-bond acceptors (Lipinski definition) is 8. The van der Waals surface area contributed by atoms with Gasteiger partial charge in [-0.3, -0.25) is 19.3 Å². The Morgan fingerprint density at radius 2 is 1.88 bits per heavy atom. The number of thiocarbonyl (C=S) groups is 1. The standard InChI is InChI=1S/C21H17N3O6S3/c1-9-11(8-13(26)27)32-17(22-9)14-15(21(29)30)24-19(28)16(31)20(24)33-18(14)23-12(25)7-10-5-3-2-4-6-10/h2-6,18,20H,7-8H2,1H3,(H,23,25)(H,26,27)(H,29,30)/t18?,20-/m0/s1. The number of amides is 2. The van der Waals surface area contributed by atoms with Crippen molar-refractivity contribution in [2.45, 2.75) is 30.5 Å². The zero-order valence-corrected chi connectivity index (χ0v) is 19.6. The first-order valence-corrected chi connectivity index (χ1v) is 11.9. The van der Waals surface area contributed by atoms with Crippen molar-refractivity contribution in [2.75, 3.05) is 0 Å². The highest BCUT2D eigenvalue weighted by molar-refractivity contribution is 8.03. The van der Waals surface area contributed by atoms with E-state index in [1.807, 2.05) is 18.2 Å². The molecule has 0 aliphatic carbocycles. The van der Waals surface area contributed by atoms with Crippen LogP contribution in [0.5, 0.6) is 0 Å². The van der Waals surface area contributed by atoms with E-state index in [4.69, 9.17) is 17.3 Å². The molecule has 0 bridgehead atoms. The van der Waals surface area contributed by atoms with Gasteiger partial charge in [0.2, 0.25) is 5.91 Å². The first-order chi connectivity index (χ1) is 15.7. The first kappa shape index (κ1) is 23.1. The molecule has 33 heavy (non-hydrogen) atoms. The van der Waals surface area contributed by atoms with Gasteiger partial charge in [0.15, 0.2) is 0 Å². The highest BCUT2D eigenvalue weighted by Gasteiger charge is 2.53. The smallest absolute Gasteiger partial charge is 0.353 e. The second-order valence-electron chi connectivity index (χ2n) is 7.30. The molecular formula is C21H17N3O6S3. The van der Waals surface area contributed by atoms with E-state index in [0.29, 0.717) is 10.6 Å². The van der Waals surface area contributed by atoms with Crippen LogP contribution in [-0.4, -0.2) is 59.5 Å². The number of β-lactam (4-membered cyclic amide) rings is 1. The third-order valence-electron chi connectivity index (χ3n) is 5.05. The number of nitrogens with zero attached hydrogens (tertiary/aromatic N) is 2. The van der Waals surface area contributed by atoms with Crippen LogP contribution in [-0.2, 0) is 32.0 Å². The van der Waals surface area contributed by atoms with Crippen LogP contribution in [0.4, 0.5) is 0 Å². The number of carbonyl (C=O) groups is 4. The monoisotopic (exact) mass is 503 g/mol. The number of rotatable bonds is 7. The molecule has 2 atom stereocenters. The van der Waals surface area contributed by atoms with Crippen LogP contribution in [0, 0.1) is 6.92 Å². The topological polar surface area (TPSA) is 137 Å². The zero-order valence-electron chi connectivity index (χ0n) is 17.1. The van der Waals surface area contributed by atoms with Crippen LogP contribution in [0.15, 0.2) is 36.0 Å². The van der Waals surface area contributed by atoms with Gasteiger partial charge in [-0.15, -0.1) is 23.1 Å². The number of aromatic nitrogens is 1. The Balaban J connectivity index is 1.75. The number of carboxylic acids is 2. The number of nitrogens with one attached hydrogen (secondary N) is 1. The minimum atomic E-state index is -1.36. The van der Waals surface area contributed by atoms with E-state index in [1.165, 1.54) is 0 Å². The summed E-state index contributed by atoms with van der Waals surface area (Å²) in [5, 5.41) is 20.7. The normalized spacial score (nSPS) is 19.7. The Kier molecular flexibility index (Phi) is 6.32. The molecule has 3 N–H and O–H groups in total. The Hall–Kier alpha value is -3.09. The fourth-order valence-corrected chi connectivity index (χ4v) is 6.47. The lowest BCUT2D eigenvalue weighted by atomic mass is 10.1. The molecule has 9 nitrogen and oxygen atoms in total. The maximum Gasteiger partial charge on any atom is 0.353 e. The Bertz CT molecular complexity index is 1220. The van der Waals surface area contributed by atoms with Crippen LogP contribution < -0.4 is 5.32 Å². The van der Waals surface area contributed by atoms with Crippen molar-refractivity contribution in [1.29, 1.82) is 0 Å². The maximum atomic E-state index is 12.8. The summed E-state index contributed by atoms with van der Waals surface area (Å²) in [4.78, 5) is 54.6. The van der Waals surface area contributed by atoms with E-state index in [-0.39, 0.29) is 39.9 Å². The van der Waals surface area contributed by atoms with Crippen molar-refractivity contribution in [2.24, 2.45) is 0 Å². The van der Waals surface area contributed by atoms with Crippen LogP contribution in [0.3, 0.4) is 0 Å². The molecule has 0 radical (unpaired) electrons. The van der Waals surface area contributed by atoms with Crippen molar-refractivity contribution >= 4 is 69.5 Å². The van der Waals surface area contributed by atoms with Gasteiger partial charge in [-0.05, 0) is 12.5 Å². The molecule has 1 saturated heterocycles. The second-order valence-corrected chi connectivity index (χ2v) is 10.0. The van der Waals surface area contributed by atoms with Gasteiger partial charge in [-0.2, -0.15) is 0 Å². The lowest BCUT2D eigenvalue weighted by molar-refractivity contribution is -0.139. The number of thiazole rings is 1. The fourth-order valence-electron chi connectivity index (χ4n) is 3.54. The summed E-state index contributed by atoms with van der Waals surface area (Å²) in [6.07, 6.45) is -0.195. The van der Waals surface area contributed by atoms with Gasteiger partial charge >= 0.3 is 11.9 Å². The van der Waals surface area contributed by atoms with Gasteiger partial charge in [0.25, 0.3) is 5.91 Å². The predicted octanol–water partition coefficient (Wildman–Crippen LogP) is 1.84. The summed E-state index contributed by atoms with van der Waals surface area (Å²) in [5.41, 5.74) is 1.06. The molecule has 3 heterocycles. The maximum absolute atomic E-state index is 12.8. The summed E-state index contributed by atoms with van der Waals surface area (Å²) in [7, 11) is 0. The lowest BCUT2D eigenvalue weighted by Crippen LogP contribution is -2.63. The summed E-state index contributed by atoms with van der Waals surface area (Å²) < 4.78 is 0. The van der Waals surface area contributed by atoms with Crippen LogP contribution in [0.25, 0.3) is 5.57 Å². The molecule has 12 heteroatoms. The average molecular weight is 504 g/mol. The molecule has 0 spiro atoms.